The maximum atomic E-state index is 3.79. The van der Waals surface area contributed by atoms with E-state index in [9.17, 15) is 0 Å². The van der Waals surface area contributed by atoms with E-state index in [4.69, 9.17) is 0 Å². The fraction of sp³-hybridized carbons (Fsp3) is 0.500. The van der Waals surface area contributed by atoms with Crippen LogP contribution in [-0.2, 0) is 0 Å². The van der Waals surface area contributed by atoms with Gasteiger partial charge in [0.1, 0.15) is 0 Å². The first-order chi connectivity index (χ1) is 10.2. The number of hydrogen-bond acceptors (Lipinski definition) is 1. The summed E-state index contributed by atoms with van der Waals surface area (Å²) in [5.41, 5.74) is 3.26. The Morgan fingerprint density at radius 3 is 2.38 bits per heavy atom. The summed E-state index contributed by atoms with van der Waals surface area (Å²) in [4.78, 5) is 0. The number of hydrogen-bond donors (Lipinski definition) is 1. The summed E-state index contributed by atoms with van der Waals surface area (Å²) in [6, 6.07) is 14.0. The highest BCUT2D eigenvalue weighted by atomic mass is 14.9. The smallest absolute Gasteiger partial charge is 0.0380 e. The van der Waals surface area contributed by atoms with Gasteiger partial charge in [0.25, 0.3) is 0 Å². The molecule has 0 radical (unpaired) electrons. The molecule has 1 aliphatic carbocycles. The minimum absolute atomic E-state index is 0.397. The van der Waals surface area contributed by atoms with Gasteiger partial charge in [0.05, 0.1) is 0 Å². The van der Waals surface area contributed by atoms with Crippen molar-refractivity contribution in [3.8, 4) is 0 Å². The Morgan fingerprint density at radius 2 is 1.71 bits per heavy atom. The molecule has 0 aliphatic heterocycles. The van der Waals surface area contributed by atoms with Crippen LogP contribution in [0.1, 0.15) is 56.7 Å². The molecule has 2 aromatic rings. The highest BCUT2D eigenvalue weighted by Gasteiger charge is 2.37. The molecule has 2 aromatic carbocycles. The second kappa shape index (κ2) is 5.81. The lowest BCUT2D eigenvalue weighted by molar-refractivity contribution is 0.227. The van der Waals surface area contributed by atoms with Crippen LogP contribution in [0.2, 0.25) is 0 Å². The first-order valence-electron chi connectivity index (χ1n) is 8.37. The number of aryl methyl sites for hydroxylation is 1. The molecule has 1 saturated carbocycles. The molecule has 1 N–H and O–H groups in total. The van der Waals surface area contributed by atoms with Gasteiger partial charge in [-0.15, -0.1) is 0 Å². The Labute approximate surface area is 128 Å². The fourth-order valence-corrected chi connectivity index (χ4v) is 4.13. The molecule has 0 saturated heterocycles. The third-order valence-electron chi connectivity index (χ3n) is 5.34. The Morgan fingerprint density at radius 1 is 1.05 bits per heavy atom. The molecule has 1 nitrogen and oxygen atoms in total. The first-order valence-corrected chi connectivity index (χ1v) is 8.37. The zero-order valence-corrected chi connectivity index (χ0v) is 13.6. The van der Waals surface area contributed by atoms with Crippen LogP contribution in [0.15, 0.2) is 36.4 Å². The van der Waals surface area contributed by atoms with Crippen LogP contribution in [0, 0.1) is 12.3 Å². The van der Waals surface area contributed by atoms with E-state index in [2.05, 4.69) is 62.5 Å². The molecule has 1 unspecified atom stereocenters. The molecule has 1 atom stereocenters. The van der Waals surface area contributed by atoms with Crippen molar-refractivity contribution in [3.05, 3.63) is 47.5 Å². The van der Waals surface area contributed by atoms with Crippen molar-refractivity contribution in [2.24, 2.45) is 5.41 Å². The zero-order chi connectivity index (χ0) is 14.9. The molecule has 0 spiro atoms. The number of rotatable bonds is 4. The van der Waals surface area contributed by atoms with Crippen molar-refractivity contribution < 1.29 is 0 Å². The lowest BCUT2D eigenvalue weighted by atomic mass is 9.76. The van der Waals surface area contributed by atoms with Crippen molar-refractivity contribution in [1.82, 2.24) is 5.32 Å². The summed E-state index contributed by atoms with van der Waals surface area (Å²) in [6.45, 7) is 7.94. The predicted molar refractivity (Wildman–Crippen MR) is 91.7 cm³/mol. The Bertz CT molecular complexity index is 623. The van der Waals surface area contributed by atoms with Crippen LogP contribution < -0.4 is 5.32 Å². The Balaban J connectivity index is 2.14. The van der Waals surface area contributed by atoms with Crippen LogP contribution in [-0.4, -0.2) is 6.54 Å². The Hall–Kier alpha value is -1.34. The van der Waals surface area contributed by atoms with Gasteiger partial charge in [-0.3, -0.25) is 0 Å². The summed E-state index contributed by atoms with van der Waals surface area (Å²) in [5, 5.41) is 6.62. The average molecular weight is 281 g/mol. The van der Waals surface area contributed by atoms with E-state index in [1.807, 2.05) is 0 Å². The normalized spacial score (nSPS) is 19.0. The van der Waals surface area contributed by atoms with E-state index in [1.54, 1.807) is 0 Å². The van der Waals surface area contributed by atoms with Gasteiger partial charge in [-0.1, -0.05) is 63.1 Å². The van der Waals surface area contributed by atoms with Crippen molar-refractivity contribution in [1.29, 1.82) is 0 Å². The third kappa shape index (κ3) is 2.60. The first kappa shape index (κ1) is 14.6. The SMILES string of the molecule is CCNC(c1ccc(C)c2ccccc12)C1(C)CCCC1. The largest absolute Gasteiger partial charge is 0.310 e. The predicted octanol–water partition coefficient (Wildman–Crippen LogP) is 5.38. The van der Waals surface area contributed by atoms with Gasteiger partial charge >= 0.3 is 0 Å². The summed E-state index contributed by atoms with van der Waals surface area (Å²) in [5.74, 6) is 0. The summed E-state index contributed by atoms with van der Waals surface area (Å²) in [6.07, 6.45) is 5.43. The monoisotopic (exact) mass is 281 g/mol. The molecule has 0 heterocycles. The summed E-state index contributed by atoms with van der Waals surface area (Å²) >= 11 is 0. The van der Waals surface area contributed by atoms with E-state index >= 15 is 0 Å². The van der Waals surface area contributed by atoms with Crippen LogP contribution in [0.4, 0.5) is 0 Å². The van der Waals surface area contributed by atoms with E-state index in [1.165, 1.54) is 47.6 Å². The van der Waals surface area contributed by atoms with Crippen LogP contribution in [0.3, 0.4) is 0 Å². The number of nitrogens with one attached hydrogen (secondary N) is 1. The lowest BCUT2D eigenvalue weighted by Gasteiger charge is -2.36. The molecule has 21 heavy (non-hydrogen) atoms. The molecule has 0 bridgehead atoms. The molecule has 1 fully saturated rings. The third-order valence-corrected chi connectivity index (χ3v) is 5.34. The van der Waals surface area contributed by atoms with Gasteiger partial charge in [-0.25, -0.2) is 0 Å². The minimum atomic E-state index is 0.397. The number of benzene rings is 2. The van der Waals surface area contributed by atoms with E-state index in [0.29, 0.717) is 11.5 Å². The molecule has 1 heteroatoms. The topological polar surface area (TPSA) is 12.0 Å². The van der Waals surface area contributed by atoms with Gasteiger partial charge in [-0.05, 0) is 53.6 Å². The standard InChI is InChI=1S/C20H27N/c1-4-21-19(20(3)13-7-8-14-20)18-12-11-15(2)16-9-5-6-10-17(16)18/h5-6,9-12,19,21H,4,7-8,13-14H2,1-3H3. The minimum Gasteiger partial charge on any atom is -0.310 e. The maximum Gasteiger partial charge on any atom is 0.0380 e. The Kier molecular flexibility index (Phi) is 4.03. The molecular formula is C20H27N. The fourth-order valence-electron chi connectivity index (χ4n) is 4.13. The van der Waals surface area contributed by atoms with Crippen LogP contribution in [0.5, 0.6) is 0 Å². The van der Waals surface area contributed by atoms with Crippen molar-refractivity contribution in [2.45, 2.75) is 52.5 Å². The highest BCUT2D eigenvalue weighted by molar-refractivity contribution is 5.89. The molecule has 1 aliphatic rings. The second-order valence-corrected chi connectivity index (χ2v) is 6.87. The van der Waals surface area contributed by atoms with Crippen molar-refractivity contribution in [3.63, 3.8) is 0 Å². The number of fused-ring (bicyclic) bond motifs is 1. The van der Waals surface area contributed by atoms with Gasteiger partial charge in [0.2, 0.25) is 0 Å². The molecule has 112 valence electrons. The zero-order valence-electron chi connectivity index (χ0n) is 13.6. The maximum absolute atomic E-state index is 3.79. The molecule has 0 aromatic heterocycles. The van der Waals surface area contributed by atoms with Crippen molar-refractivity contribution >= 4 is 10.8 Å². The summed E-state index contributed by atoms with van der Waals surface area (Å²) < 4.78 is 0. The molecule has 0 amide bonds. The lowest BCUT2D eigenvalue weighted by Crippen LogP contribution is -2.34. The molecule has 3 rings (SSSR count). The van der Waals surface area contributed by atoms with Gasteiger partial charge in [0.15, 0.2) is 0 Å². The van der Waals surface area contributed by atoms with Crippen molar-refractivity contribution in [2.75, 3.05) is 6.54 Å². The second-order valence-electron chi connectivity index (χ2n) is 6.87. The average Bonchev–Trinajstić information content (AvgIpc) is 2.94. The van der Waals surface area contributed by atoms with Crippen LogP contribution >= 0.6 is 0 Å². The van der Waals surface area contributed by atoms with E-state index in [-0.39, 0.29) is 0 Å². The quantitative estimate of drug-likeness (QED) is 0.793. The van der Waals surface area contributed by atoms with Gasteiger partial charge in [0, 0.05) is 6.04 Å². The highest BCUT2D eigenvalue weighted by Crippen LogP contribution is 2.48. The van der Waals surface area contributed by atoms with E-state index < -0.39 is 0 Å². The van der Waals surface area contributed by atoms with Gasteiger partial charge < -0.3 is 5.32 Å². The van der Waals surface area contributed by atoms with E-state index in [0.717, 1.165) is 6.54 Å². The molecular weight excluding hydrogens is 254 g/mol. The summed E-state index contributed by atoms with van der Waals surface area (Å²) in [7, 11) is 0. The van der Waals surface area contributed by atoms with Crippen LogP contribution in [0.25, 0.3) is 10.8 Å². The van der Waals surface area contributed by atoms with Gasteiger partial charge in [-0.2, -0.15) is 0 Å².